The Morgan fingerprint density at radius 3 is 0.881 bits per heavy atom. The molecule has 0 radical (unpaired) electrons. The summed E-state index contributed by atoms with van der Waals surface area (Å²) in [5.74, 6) is 0. The molecule has 2 heteroatoms. The van der Waals surface area contributed by atoms with E-state index < -0.39 is 16.1 Å². The fourth-order valence-corrected chi connectivity index (χ4v) is 21.2. The minimum atomic E-state index is -1.97. The number of allylic oxidation sites excluding steroid dienone is 4. The lowest BCUT2D eigenvalue weighted by molar-refractivity contribution is 0.963. The largest absolute Gasteiger partial charge is 0.0791 e. The van der Waals surface area contributed by atoms with Gasteiger partial charge in [0, 0.05) is 0 Å². The van der Waals surface area contributed by atoms with Gasteiger partial charge in [0.25, 0.3) is 0 Å². The molecule has 8 rings (SSSR count). The third-order valence-electron chi connectivity index (χ3n) is 11.2. The molecule has 206 valence electrons. The highest BCUT2D eigenvalue weighted by Crippen LogP contribution is 2.54. The van der Waals surface area contributed by atoms with Crippen LogP contribution < -0.4 is 0 Å². The van der Waals surface area contributed by atoms with Crippen LogP contribution in [0.15, 0.2) is 121 Å². The summed E-state index contributed by atoms with van der Waals surface area (Å²) in [5, 5.41) is 0. The lowest BCUT2D eigenvalue weighted by Gasteiger charge is -2.44. The highest BCUT2D eigenvalue weighted by atomic mass is 28.3. The summed E-state index contributed by atoms with van der Waals surface area (Å²) < 4.78 is 0. The summed E-state index contributed by atoms with van der Waals surface area (Å²) in [4.78, 5) is 0. The van der Waals surface area contributed by atoms with Crippen LogP contribution in [0.2, 0.25) is 25.2 Å². The van der Waals surface area contributed by atoms with E-state index in [9.17, 15) is 0 Å². The fraction of sp³-hybridized carbons (Fsp3) is 0.200. The van der Waals surface area contributed by atoms with Crippen molar-refractivity contribution in [3.63, 3.8) is 0 Å². The van der Waals surface area contributed by atoms with Crippen molar-refractivity contribution in [2.24, 2.45) is 0 Å². The first-order valence-corrected chi connectivity index (χ1v) is 21.4. The molecule has 0 saturated carbocycles. The van der Waals surface area contributed by atoms with Gasteiger partial charge in [-0.1, -0.05) is 171 Å². The summed E-state index contributed by atoms with van der Waals surface area (Å²) in [6.45, 7) is 5.49. The Hall–Kier alpha value is -3.73. The molecule has 4 aliphatic rings. The van der Waals surface area contributed by atoms with Crippen LogP contribution in [0.1, 0.15) is 66.7 Å². The molecule has 0 bridgehead atoms. The van der Waals surface area contributed by atoms with Crippen LogP contribution >= 0.6 is 0 Å². The van der Waals surface area contributed by atoms with E-state index in [0.29, 0.717) is 22.2 Å². The zero-order valence-corrected chi connectivity index (χ0v) is 26.6. The summed E-state index contributed by atoms with van der Waals surface area (Å²) in [5.41, 5.74) is 14.1. The molecule has 0 saturated heterocycles. The number of rotatable bonds is 7. The predicted molar refractivity (Wildman–Crippen MR) is 186 cm³/mol. The van der Waals surface area contributed by atoms with Crippen LogP contribution in [-0.2, 0) is 0 Å². The number of fused-ring (bicyclic) bond motifs is 4. The predicted octanol–water partition coefficient (Wildman–Crippen LogP) is 10.5. The van der Waals surface area contributed by atoms with Gasteiger partial charge in [0.05, 0.1) is 16.1 Å². The second-order valence-corrected chi connectivity index (χ2v) is 22.9. The lowest BCUT2D eigenvalue weighted by atomic mass is 10.1. The van der Waals surface area contributed by atoms with Crippen LogP contribution in [0.25, 0.3) is 24.3 Å². The molecule has 4 atom stereocenters. The molecule has 0 heterocycles. The molecule has 0 N–H and O–H groups in total. The topological polar surface area (TPSA) is 0 Å². The molecular formula is C40H38Si2. The molecule has 4 aromatic rings. The van der Waals surface area contributed by atoms with E-state index in [4.69, 9.17) is 0 Å². The average Bonchev–Trinajstić information content (AvgIpc) is 3.84. The highest BCUT2D eigenvalue weighted by Gasteiger charge is 2.51. The van der Waals surface area contributed by atoms with Crippen molar-refractivity contribution < 1.29 is 0 Å². The highest BCUT2D eigenvalue weighted by molar-refractivity contribution is 6.87. The monoisotopic (exact) mass is 574 g/mol. The molecule has 4 aromatic carbocycles. The van der Waals surface area contributed by atoms with E-state index in [2.05, 4.69) is 159 Å². The van der Waals surface area contributed by atoms with Crippen LogP contribution in [0.4, 0.5) is 0 Å². The number of benzene rings is 4. The van der Waals surface area contributed by atoms with Gasteiger partial charge in [0.2, 0.25) is 0 Å². The van der Waals surface area contributed by atoms with E-state index in [1.165, 1.54) is 34.3 Å². The van der Waals surface area contributed by atoms with Crippen molar-refractivity contribution in [2.45, 2.75) is 47.3 Å². The van der Waals surface area contributed by atoms with Gasteiger partial charge in [-0.2, -0.15) is 0 Å². The zero-order chi connectivity index (χ0) is 28.3. The zero-order valence-electron chi connectivity index (χ0n) is 24.6. The fourth-order valence-electron chi connectivity index (χ4n) is 8.85. The Morgan fingerprint density at radius 2 is 0.619 bits per heavy atom. The van der Waals surface area contributed by atoms with Gasteiger partial charge in [-0.05, 0) is 66.7 Å². The first-order valence-electron chi connectivity index (χ1n) is 15.6. The first-order chi connectivity index (χ1) is 20.6. The van der Waals surface area contributed by atoms with Crippen molar-refractivity contribution in [3.8, 4) is 0 Å². The first kappa shape index (κ1) is 25.9. The van der Waals surface area contributed by atoms with Crippen molar-refractivity contribution in [1.82, 2.24) is 0 Å². The standard InChI is InChI=1S/C40H38Si2/c1-41(37-23-19-29-11-3-7-15-33(29)37,38-24-20-30-12-4-8-16-34(30)38)27-28-42(2,39-25-21-31-13-5-9-17-35(31)39)40-26-22-32-14-6-10-18-36(32)40/h3-26,37-40H,27-28H2,1-2H3. The molecule has 0 nitrogen and oxygen atoms in total. The second-order valence-electron chi connectivity index (χ2n) is 13.4. The quantitative estimate of drug-likeness (QED) is 0.193. The maximum atomic E-state index is 2.74. The van der Waals surface area contributed by atoms with Crippen molar-refractivity contribution in [2.75, 3.05) is 0 Å². The number of hydrogen-bond donors (Lipinski definition) is 0. The lowest BCUT2D eigenvalue weighted by Crippen LogP contribution is -2.49. The van der Waals surface area contributed by atoms with E-state index in [1.54, 1.807) is 22.3 Å². The smallest absolute Gasteiger partial charge is 0.0742 e. The Bertz CT molecular complexity index is 1550. The van der Waals surface area contributed by atoms with Gasteiger partial charge in [0.15, 0.2) is 0 Å². The average molecular weight is 575 g/mol. The molecule has 0 aliphatic heterocycles. The second kappa shape index (κ2) is 9.93. The Labute approximate surface area is 252 Å². The maximum Gasteiger partial charge on any atom is 0.0742 e. The van der Waals surface area contributed by atoms with Gasteiger partial charge in [-0.25, -0.2) is 0 Å². The van der Waals surface area contributed by atoms with Crippen molar-refractivity contribution in [1.29, 1.82) is 0 Å². The van der Waals surface area contributed by atoms with Gasteiger partial charge >= 0.3 is 0 Å². The molecule has 4 aliphatic carbocycles. The third-order valence-corrected chi connectivity index (χ3v) is 22.1. The Kier molecular flexibility index (Phi) is 6.13. The molecule has 0 spiro atoms. The van der Waals surface area contributed by atoms with Crippen LogP contribution in [0, 0.1) is 0 Å². The van der Waals surface area contributed by atoms with Crippen LogP contribution in [-0.4, -0.2) is 16.1 Å². The van der Waals surface area contributed by atoms with Gasteiger partial charge in [-0.15, -0.1) is 0 Å². The van der Waals surface area contributed by atoms with Crippen molar-refractivity contribution >= 4 is 40.5 Å². The third kappa shape index (κ3) is 3.92. The maximum absolute atomic E-state index is 2.74. The summed E-state index contributed by atoms with van der Waals surface area (Å²) >= 11 is 0. The molecule has 0 fully saturated rings. The van der Waals surface area contributed by atoms with Crippen LogP contribution in [0.5, 0.6) is 0 Å². The number of hydrogen-bond acceptors (Lipinski definition) is 0. The molecule has 42 heavy (non-hydrogen) atoms. The van der Waals surface area contributed by atoms with Gasteiger partial charge in [-0.3, -0.25) is 0 Å². The normalized spacial score (nSPS) is 25.1. The van der Waals surface area contributed by atoms with E-state index in [1.807, 2.05) is 0 Å². The molecule has 0 amide bonds. The molecular weight excluding hydrogens is 537 g/mol. The van der Waals surface area contributed by atoms with Gasteiger partial charge in [0.1, 0.15) is 0 Å². The SMILES string of the molecule is C[Si](CC[Si](C)(C1C=Cc2ccccc21)C1C=Cc2ccccc21)(C1C=Cc2ccccc21)C1C=Cc2ccccc21. The summed E-state index contributed by atoms with van der Waals surface area (Å²) in [6, 6.07) is 39.4. The van der Waals surface area contributed by atoms with Gasteiger partial charge < -0.3 is 0 Å². The minimum absolute atomic E-state index is 0.533. The van der Waals surface area contributed by atoms with E-state index in [-0.39, 0.29) is 0 Å². The molecule has 4 unspecified atom stereocenters. The van der Waals surface area contributed by atoms with Crippen LogP contribution in [0.3, 0.4) is 0 Å². The minimum Gasteiger partial charge on any atom is -0.0791 e. The molecule has 0 aromatic heterocycles. The Morgan fingerprint density at radius 1 is 0.381 bits per heavy atom. The summed E-state index contributed by atoms with van der Waals surface area (Å²) in [6.07, 6.45) is 20.0. The summed E-state index contributed by atoms with van der Waals surface area (Å²) in [7, 11) is -3.94. The van der Waals surface area contributed by atoms with E-state index >= 15 is 0 Å². The van der Waals surface area contributed by atoms with E-state index in [0.717, 1.165) is 0 Å². The Balaban J connectivity index is 1.24. The van der Waals surface area contributed by atoms with Crippen molar-refractivity contribution in [3.05, 3.63) is 166 Å².